The van der Waals surface area contributed by atoms with Crippen molar-refractivity contribution in [3.8, 4) is 0 Å². The first kappa shape index (κ1) is 81.1. The van der Waals surface area contributed by atoms with Gasteiger partial charge in [0, 0.05) is 12.8 Å². The lowest BCUT2D eigenvalue weighted by Crippen LogP contribution is -2.37. The molecule has 0 aliphatic heterocycles. The van der Waals surface area contributed by atoms with E-state index >= 15 is 0 Å². The van der Waals surface area contributed by atoms with Crippen LogP contribution in [0.2, 0.25) is 0 Å². The summed E-state index contributed by atoms with van der Waals surface area (Å²) in [6.07, 6.45) is 99.7. The van der Waals surface area contributed by atoms with Gasteiger partial charge < -0.3 is 18.9 Å². The minimum Gasteiger partial charge on any atom is -0.462 e. The molecular weight excluding hydrogens is 1090 g/mol. The first-order valence-electron chi connectivity index (χ1n) is 33.5. The van der Waals surface area contributed by atoms with Crippen LogP contribution in [0, 0.1) is 0 Å². The zero-order valence-corrected chi connectivity index (χ0v) is 55.9. The Labute approximate surface area is 527 Å². The molecule has 0 bridgehead atoms. The molecule has 0 radical (unpaired) electrons. The standard InChI is InChI=1S/C76H122NO8P/c1-6-8-10-12-14-16-18-20-22-24-26-28-30-32-33-34-35-36-37-38-39-40-41-42-43-45-47-49-51-53-55-57-59-61-63-65-67-69-76(79)85-74(73-84-86(80,81)83-71-70-77(3,4)5)72-82-75(78)68-66-64-62-60-58-56-54-52-50-48-46-44-31-29-27-25-23-21-19-17-15-13-11-9-7-2/h8-11,14-17,20-23,26-29,32-33,35-36,38-39,41-42,44-47,51,53,74H,6-7,12-13,18-19,24-25,30-31,34,37,40,43,48-50,52,54-73H2,1-5H3/p+1/b10-8-,11-9-,16-14-,17-15-,22-20-,23-21-,28-26-,29-27-,33-32-,36-35-,39-38-,42-41-,46-44-,47-45-,53-51-. The van der Waals surface area contributed by atoms with Crippen LogP contribution < -0.4 is 0 Å². The van der Waals surface area contributed by atoms with E-state index in [4.69, 9.17) is 18.5 Å². The number of rotatable bonds is 59. The highest BCUT2D eigenvalue weighted by atomic mass is 31.2. The van der Waals surface area contributed by atoms with Crippen LogP contribution in [0.15, 0.2) is 182 Å². The summed E-state index contributed by atoms with van der Waals surface area (Å²) in [4.78, 5) is 35.8. The van der Waals surface area contributed by atoms with Crippen molar-refractivity contribution in [1.29, 1.82) is 0 Å². The lowest BCUT2D eigenvalue weighted by Gasteiger charge is -2.24. The van der Waals surface area contributed by atoms with Crippen molar-refractivity contribution >= 4 is 19.8 Å². The first-order chi connectivity index (χ1) is 42.0. The third-order valence-electron chi connectivity index (χ3n) is 13.4. The first-order valence-corrected chi connectivity index (χ1v) is 35.0. The molecule has 1 N–H and O–H groups in total. The molecule has 0 heterocycles. The van der Waals surface area contributed by atoms with Crippen molar-refractivity contribution < 1.29 is 42.1 Å². The number of hydrogen-bond donors (Lipinski definition) is 1. The second-order valence-electron chi connectivity index (χ2n) is 22.7. The second kappa shape index (κ2) is 64.6. The molecule has 0 saturated carbocycles. The number of phosphoric ester groups is 1. The number of quaternary nitrogens is 1. The van der Waals surface area contributed by atoms with Gasteiger partial charge in [-0.1, -0.05) is 267 Å². The number of ether oxygens (including phenoxy) is 2. The lowest BCUT2D eigenvalue weighted by atomic mass is 10.1. The third kappa shape index (κ3) is 68.2. The molecule has 2 unspecified atom stereocenters. The van der Waals surface area contributed by atoms with Crippen LogP contribution in [0.25, 0.3) is 0 Å². The summed E-state index contributed by atoms with van der Waals surface area (Å²) >= 11 is 0. The van der Waals surface area contributed by atoms with Gasteiger partial charge in [0.25, 0.3) is 0 Å². The summed E-state index contributed by atoms with van der Waals surface area (Å²) in [5.41, 5.74) is 0. The normalized spacial score (nSPS) is 14.3. The maximum absolute atomic E-state index is 12.9. The summed E-state index contributed by atoms with van der Waals surface area (Å²) in [5, 5.41) is 0. The highest BCUT2D eigenvalue weighted by molar-refractivity contribution is 7.47. The maximum Gasteiger partial charge on any atom is 0.472 e. The molecule has 0 aromatic carbocycles. The largest absolute Gasteiger partial charge is 0.472 e. The van der Waals surface area contributed by atoms with Crippen molar-refractivity contribution in [2.45, 2.75) is 238 Å². The predicted molar refractivity (Wildman–Crippen MR) is 371 cm³/mol. The van der Waals surface area contributed by atoms with Crippen LogP contribution in [0.4, 0.5) is 0 Å². The number of esters is 2. The topological polar surface area (TPSA) is 108 Å². The molecule has 0 aliphatic carbocycles. The fraction of sp³-hybridized carbons (Fsp3) is 0.579. The summed E-state index contributed by atoms with van der Waals surface area (Å²) in [7, 11) is 1.44. The van der Waals surface area contributed by atoms with Crippen LogP contribution in [-0.4, -0.2) is 74.9 Å². The van der Waals surface area contributed by atoms with Crippen molar-refractivity contribution in [3.63, 3.8) is 0 Å². The molecule has 0 aromatic heterocycles. The number of unbranched alkanes of at least 4 members (excludes halogenated alkanes) is 15. The van der Waals surface area contributed by atoms with E-state index in [9.17, 15) is 19.0 Å². The van der Waals surface area contributed by atoms with Gasteiger partial charge in [-0.25, -0.2) is 4.57 Å². The van der Waals surface area contributed by atoms with Gasteiger partial charge in [-0.15, -0.1) is 0 Å². The molecule has 484 valence electrons. The van der Waals surface area contributed by atoms with Crippen molar-refractivity contribution in [1.82, 2.24) is 0 Å². The zero-order chi connectivity index (χ0) is 62.6. The molecule has 0 spiro atoms. The van der Waals surface area contributed by atoms with Crippen LogP contribution in [0.1, 0.15) is 232 Å². The lowest BCUT2D eigenvalue weighted by molar-refractivity contribution is -0.870. The molecule has 0 fully saturated rings. The Balaban J connectivity index is 4.20. The van der Waals surface area contributed by atoms with E-state index in [1.54, 1.807) is 0 Å². The van der Waals surface area contributed by atoms with Gasteiger partial charge in [0.15, 0.2) is 6.10 Å². The quantitative estimate of drug-likeness (QED) is 0.0211. The average molecular weight is 1210 g/mol. The van der Waals surface area contributed by atoms with Gasteiger partial charge in [-0.2, -0.15) is 0 Å². The van der Waals surface area contributed by atoms with Crippen molar-refractivity contribution in [3.05, 3.63) is 182 Å². The zero-order valence-electron chi connectivity index (χ0n) is 55.0. The Kier molecular flexibility index (Phi) is 60.9. The Morgan fingerprint density at radius 2 is 0.628 bits per heavy atom. The van der Waals surface area contributed by atoms with Gasteiger partial charge in [0.1, 0.15) is 19.8 Å². The fourth-order valence-corrected chi connectivity index (χ4v) is 9.11. The van der Waals surface area contributed by atoms with Gasteiger partial charge in [0.2, 0.25) is 0 Å². The summed E-state index contributed by atoms with van der Waals surface area (Å²) in [6, 6.07) is 0. The van der Waals surface area contributed by atoms with E-state index in [-0.39, 0.29) is 32.0 Å². The monoisotopic (exact) mass is 1210 g/mol. The number of phosphoric acid groups is 1. The molecule has 0 amide bonds. The van der Waals surface area contributed by atoms with E-state index in [1.807, 2.05) is 21.1 Å². The number of carbonyl (C=O) groups is 2. The molecule has 0 aliphatic rings. The summed E-state index contributed by atoms with van der Waals surface area (Å²) in [6.45, 7) is 4.16. The van der Waals surface area contributed by atoms with E-state index in [0.717, 1.165) is 167 Å². The predicted octanol–water partition coefficient (Wildman–Crippen LogP) is 21.9. The van der Waals surface area contributed by atoms with E-state index in [0.29, 0.717) is 17.4 Å². The summed E-state index contributed by atoms with van der Waals surface area (Å²) < 4.78 is 34.6. The Morgan fingerprint density at radius 3 is 0.930 bits per heavy atom. The minimum atomic E-state index is -4.41. The third-order valence-corrected chi connectivity index (χ3v) is 14.4. The smallest absolute Gasteiger partial charge is 0.462 e. The molecule has 0 aromatic rings. The highest BCUT2D eigenvalue weighted by Crippen LogP contribution is 2.43. The van der Waals surface area contributed by atoms with Crippen LogP contribution in [-0.2, 0) is 32.7 Å². The highest BCUT2D eigenvalue weighted by Gasteiger charge is 2.27. The van der Waals surface area contributed by atoms with Crippen molar-refractivity contribution in [2.24, 2.45) is 0 Å². The van der Waals surface area contributed by atoms with Gasteiger partial charge in [-0.3, -0.25) is 18.6 Å². The van der Waals surface area contributed by atoms with Gasteiger partial charge >= 0.3 is 19.8 Å². The van der Waals surface area contributed by atoms with Crippen LogP contribution in [0.3, 0.4) is 0 Å². The Bertz CT molecular complexity index is 2100. The van der Waals surface area contributed by atoms with E-state index in [1.165, 1.54) is 32.1 Å². The minimum absolute atomic E-state index is 0.0171. The number of allylic oxidation sites excluding steroid dienone is 30. The SMILES string of the molecule is CC/C=C\C/C=C\C/C=C\C/C=C\C/C=C\C/C=C\C/C=C\C/C=C\C/C=C\C/C=C\CCCCCCCCC(=O)OC(COC(=O)CCCCCCCCCCC/C=C\C/C=C\C/C=C\C/C=C\C/C=C\CC)COP(=O)(O)OCC[N+](C)(C)C. The molecule has 0 saturated heterocycles. The van der Waals surface area contributed by atoms with Crippen LogP contribution in [0.5, 0.6) is 0 Å². The van der Waals surface area contributed by atoms with Crippen molar-refractivity contribution in [2.75, 3.05) is 47.5 Å². The molecule has 9 nitrogen and oxygen atoms in total. The Morgan fingerprint density at radius 1 is 0.360 bits per heavy atom. The van der Waals surface area contributed by atoms with Crippen LogP contribution >= 0.6 is 7.82 Å². The molecule has 0 rings (SSSR count). The maximum atomic E-state index is 12.9. The summed E-state index contributed by atoms with van der Waals surface area (Å²) in [5.74, 6) is -0.834. The number of nitrogens with zero attached hydrogens (tertiary/aromatic N) is 1. The molecule has 86 heavy (non-hydrogen) atoms. The molecule has 10 heteroatoms. The molecular formula is C76H123NO8P+. The number of hydrogen-bond acceptors (Lipinski definition) is 7. The number of likely N-dealkylation sites (N-methyl/N-ethyl adjacent to an activating group) is 1. The second-order valence-corrected chi connectivity index (χ2v) is 24.2. The van der Waals surface area contributed by atoms with E-state index < -0.39 is 26.5 Å². The van der Waals surface area contributed by atoms with Gasteiger partial charge in [-0.05, 0) is 135 Å². The van der Waals surface area contributed by atoms with E-state index in [2.05, 4.69) is 196 Å². The Hall–Kier alpha value is -4.89. The van der Waals surface area contributed by atoms with Gasteiger partial charge in [0.05, 0.1) is 27.7 Å². The average Bonchev–Trinajstić information content (AvgIpc) is 3.67. The molecule has 2 atom stereocenters. The fourth-order valence-electron chi connectivity index (χ4n) is 8.36. The number of carbonyl (C=O) groups excluding carboxylic acids is 2.